The minimum absolute atomic E-state index is 0.0568. The highest BCUT2D eigenvalue weighted by Crippen LogP contribution is 2.34. The molecular formula is C16H22N2O4. The Balaban J connectivity index is 2.15. The fraction of sp³-hybridized carbons (Fsp3) is 0.562. The van der Waals surface area contributed by atoms with Crippen LogP contribution in [0.2, 0.25) is 0 Å². The van der Waals surface area contributed by atoms with Crippen molar-refractivity contribution < 1.29 is 14.8 Å². The molecule has 0 unspecified atom stereocenters. The van der Waals surface area contributed by atoms with Crippen molar-refractivity contribution in [1.29, 1.82) is 0 Å². The largest absolute Gasteiger partial charge is 0.396 e. The van der Waals surface area contributed by atoms with Gasteiger partial charge < -0.3 is 10.0 Å². The number of aliphatic hydroxyl groups excluding tert-OH is 1. The number of hydrogen-bond acceptors (Lipinski definition) is 4. The van der Waals surface area contributed by atoms with Crippen LogP contribution in [0, 0.1) is 22.5 Å². The number of amides is 1. The Labute approximate surface area is 129 Å². The van der Waals surface area contributed by atoms with E-state index >= 15 is 0 Å². The molecule has 1 aromatic rings. The van der Waals surface area contributed by atoms with Crippen molar-refractivity contribution in [3.05, 3.63) is 39.4 Å². The number of carbonyl (C=O) groups excluding carboxylic acids is 1. The lowest BCUT2D eigenvalue weighted by Crippen LogP contribution is -2.44. The summed E-state index contributed by atoms with van der Waals surface area (Å²) < 4.78 is 0. The highest BCUT2D eigenvalue weighted by atomic mass is 16.6. The van der Waals surface area contributed by atoms with Gasteiger partial charge in [0.05, 0.1) is 4.92 Å². The van der Waals surface area contributed by atoms with Crippen LogP contribution in [0.4, 0.5) is 5.69 Å². The van der Waals surface area contributed by atoms with E-state index in [1.807, 2.05) is 0 Å². The summed E-state index contributed by atoms with van der Waals surface area (Å²) in [6, 6.07) is 4.48. The lowest BCUT2D eigenvalue weighted by atomic mass is 9.77. The molecule has 1 aromatic carbocycles. The Morgan fingerprint density at radius 3 is 2.50 bits per heavy atom. The maximum atomic E-state index is 12.6. The summed E-state index contributed by atoms with van der Waals surface area (Å²) in [5, 5.41) is 20.5. The van der Waals surface area contributed by atoms with Crippen LogP contribution in [-0.2, 0) is 0 Å². The maximum Gasteiger partial charge on any atom is 0.270 e. The molecule has 22 heavy (non-hydrogen) atoms. The van der Waals surface area contributed by atoms with Gasteiger partial charge in [-0.1, -0.05) is 6.92 Å². The van der Waals surface area contributed by atoms with E-state index in [1.165, 1.54) is 12.1 Å². The van der Waals surface area contributed by atoms with E-state index in [0.717, 1.165) is 19.3 Å². The predicted octanol–water partition coefficient (Wildman–Crippen LogP) is 2.53. The number of hydrogen-bond donors (Lipinski definition) is 1. The van der Waals surface area contributed by atoms with Crippen LogP contribution in [0.25, 0.3) is 0 Å². The number of likely N-dealkylation sites (tertiary alicyclic amines) is 1. The quantitative estimate of drug-likeness (QED) is 0.684. The fourth-order valence-electron chi connectivity index (χ4n) is 2.98. The van der Waals surface area contributed by atoms with Crippen molar-refractivity contribution in [3.63, 3.8) is 0 Å². The summed E-state index contributed by atoms with van der Waals surface area (Å²) in [4.78, 5) is 24.7. The minimum Gasteiger partial charge on any atom is -0.396 e. The van der Waals surface area contributed by atoms with Crippen LogP contribution in [0.5, 0.6) is 0 Å². The van der Waals surface area contributed by atoms with Crippen molar-refractivity contribution in [3.8, 4) is 0 Å². The summed E-state index contributed by atoms with van der Waals surface area (Å²) in [6.07, 6.45) is 2.42. The van der Waals surface area contributed by atoms with Gasteiger partial charge in [0.1, 0.15) is 0 Å². The lowest BCUT2D eigenvalue weighted by Gasteiger charge is -2.40. The standard InChI is InChI=1S/C16H22N2O4/c1-3-16(11-19)4-6-17(7-5-16)15(20)13-8-12(2)9-14(10-13)18(21)22/h8-10,19H,3-7,11H2,1-2H3. The molecule has 1 aliphatic rings. The molecule has 120 valence electrons. The summed E-state index contributed by atoms with van der Waals surface area (Å²) in [5.41, 5.74) is 0.918. The number of nitro groups is 1. The molecule has 1 heterocycles. The third-order valence-corrected chi connectivity index (χ3v) is 4.72. The van der Waals surface area contributed by atoms with Crippen LogP contribution in [0.3, 0.4) is 0 Å². The molecular weight excluding hydrogens is 284 g/mol. The van der Waals surface area contributed by atoms with Crippen molar-refractivity contribution in [2.75, 3.05) is 19.7 Å². The number of aryl methyl sites for hydroxylation is 1. The molecule has 0 bridgehead atoms. The molecule has 2 rings (SSSR count). The molecule has 6 nitrogen and oxygen atoms in total. The molecule has 1 saturated heterocycles. The summed E-state index contributed by atoms with van der Waals surface area (Å²) in [6.45, 7) is 5.09. The van der Waals surface area contributed by atoms with Crippen molar-refractivity contribution in [2.45, 2.75) is 33.1 Å². The van der Waals surface area contributed by atoms with Gasteiger partial charge in [0.25, 0.3) is 11.6 Å². The first kappa shape index (κ1) is 16.4. The Morgan fingerprint density at radius 1 is 1.36 bits per heavy atom. The highest BCUT2D eigenvalue weighted by Gasteiger charge is 2.34. The Kier molecular flexibility index (Phi) is 4.81. The van der Waals surface area contributed by atoms with Gasteiger partial charge >= 0.3 is 0 Å². The van der Waals surface area contributed by atoms with Crippen molar-refractivity contribution >= 4 is 11.6 Å². The van der Waals surface area contributed by atoms with Crippen LogP contribution < -0.4 is 0 Å². The SMILES string of the molecule is CCC1(CO)CCN(C(=O)c2cc(C)cc([N+](=O)[O-])c2)CC1. The molecule has 0 atom stereocenters. The zero-order chi connectivity index (χ0) is 16.3. The van der Waals surface area contributed by atoms with Gasteiger partial charge in [-0.2, -0.15) is 0 Å². The zero-order valence-electron chi connectivity index (χ0n) is 13.0. The van der Waals surface area contributed by atoms with Crippen LogP contribution in [0.1, 0.15) is 42.1 Å². The van der Waals surface area contributed by atoms with E-state index in [2.05, 4.69) is 6.92 Å². The first-order chi connectivity index (χ1) is 10.4. The number of nitrogens with zero attached hydrogens (tertiary/aromatic N) is 2. The van der Waals surface area contributed by atoms with E-state index in [9.17, 15) is 20.0 Å². The van der Waals surface area contributed by atoms with Crippen LogP contribution in [0.15, 0.2) is 18.2 Å². The van der Waals surface area contributed by atoms with E-state index < -0.39 is 4.92 Å². The van der Waals surface area contributed by atoms with Crippen molar-refractivity contribution in [1.82, 2.24) is 4.90 Å². The molecule has 0 saturated carbocycles. The zero-order valence-corrected chi connectivity index (χ0v) is 13.0. The highest BCUT2D eigenvalue weighted by molar-refractivity contribution is 5.95. The molecule has 0 aromatic heterocycles. The van der Waals surface area contributed by atoms with Gasteiger partial charge in [0.15, 0.2) is 0 Å². The van der Waals surface area contributed by atoms with Crippen LogP contribution >= 0.6 is 0 Å². The molecule has 1 N–H and O–H groups in total. The summed E-state index contributed by atoms with van der Waals surface area (Å²) >= 11 is 0. The number of rotatable bonds is 4. The molecule has 0 spiro atoms. The molecule has 1 aliphatic heterocycles. The lowest BCUT2D eigenvalue weighted by molar-refractivity contribution is -0.384. The molecule has 0 radical (unpaired) electrons. The topological polar surface area (TPSA) is 83.7 Å². The van der Waals surface area contributed by atoms with Gasteiger partial charge in [-0.15, -0.1) is 0 Å². The summed E-state index contributed by atoms with van der Waals surface area (Å²) in [5.74, 6) is -0.172. The molecule has 0 aliphatic carbocycles. The van der Waals surface area contributed by atoms with Gasteiger partial charge in [-0.05, 0) is 43.2 Å². The number of non-ortho nitro benzene ring substituents is 1. The molecule has 1 amide bonds. The first-order valence-corrected chi connectivity index (χ1v) is 7.57. The average Bonchev–Trinajstić information content (AvgIpc) is 2.53. The molecule has 1 fully saturated rings. The first-order valence-electron chi connectivity index (χ1n) is 7.57. The van der Waals surface area contributed by atoms with E-state index in [1.54, 1.807) is 17.9 Å². The number of carbonyl (C=O) groups is 1. The average molecular weight is 306 g/mol. The van der Waals surface area contributed by atoms with E-state index in [-0.39, 0.29) is 23.6 Å². The van der Waals surface area contributed by atoms with E-state index in [4.69, 9.17) is 0 Å². The van der Waals surface area contributed by atoms with Gasteiger partial charge in [-0.3, -0.25) is 14.9 Å². The number of aliphatic hydroxyl groups is 1. The smallest absolute Gasteiger partial charge is 0.270 e. The maximum absolute atomic E-state index is 12.6. The number of benzene rings is 1. The molecule has 6 heteroatoms. The fourth-order valence-corrected chi connectivity index (χ4v) is 2.98. The monoisotopic (exact) mass is 306 g/mol. The second kappa shape index (κ2) is 6.44. The number of nitro benzene ring substituents is 1. The Morgan fingerprint density at radius 2 is 2.00 bits per heavy atom. The Bertz CT molecular complexity index is 572. The minimum atomic E-state index is -0.478. The van der Waals surface area contributed by atoms with Crippen molar-refractivity contribution in [2.24, 2.45) is 5.41 Å². The van der Waals surface area contributed by atoms with Gasteiger partial charge in [-0.25, -0.2) is 0 Å². The second-order valence-electron chi connectivity index (χ2n) is 6.12. The van der Waals surface area contributed by atoms with E-state index in [0.29, 0.717) is 24.2 Å². The summed E-state index contributed by atoms with van der Waals surface area (Å²) in [7, 11) is 0. The van der Waals surface area contributed by atoms with Crippen LogP contribution in [-0.4, -0.2) is 40.5 Å². The second-order valence-corrected chi connectivity index (χ2v) is 6.12. The van der Waals surface area contributed by atoms with Gasteiger partial charge in [0.2, 0.25) is 0 Å². The third-order valence-electron chi connectivity index (χ3n) is 4.72. The number of piperidine rings is 1. The normalized spacial score (nSPS) is 17.3. The van der Waals surface area contributed by atoms with Gasteiger partial charge in [0, 0.05) is 37.4 Å². The predicted molar refractivity (Wildman–Crippen MR) is 82.8 cm³/mol. The Hall–Kier alpha value is -1.95. The third kappa shape index (κ3) is 3.27.